The average molecular weight is 283 g/mol. The molecule has 2 atom stereocenters. The lowest BCUT2D eigenvalue weighted by Crippen LogP contribution is -2.42. The van der Waals surface area contributed by atoms with Crippen LogP contribution in [0.1, 0.15) is 52.9 Å². The van der Waals surface area contributed by atoms with Crippen LogP contribution in [0.5, 0.6) is 0 Å². The number of rotatable bonds is 5. The van der Waals surface area contributed by atoms with Crippen molar-refractivity contribution in [3.8, 4) is 0 Å². The summed E-state index contributed by atoms with van der Waals surface area (Å²) in [6, 6.07) is 0. The Hall–Kier alpha value is -1.10. The molecule has 1 rings (SSSR count). The molecule has 1 saturated carbocycles. The maximum atomic E-state index is 12.0. The average Bonchev–Trinajstić information content (AvgIpc) is 2.36. The van der Waals surface area contributed by atoms with Crippen molar-refractivity contribution in [2.75, 3.05) is 13.1 Å². The van der Waals surface area contributed by atoms with Gasteiger partial charge in [-0.25, -0.2) is 0 Å². The van der Waals surface area contributed by atoms with E-state index in [1.165, 1.54) is 0 Å². The molecule has 2 unspecified atom stereocenters. The van der Waals surface area contributed by atoms with Crippen molar-refractivity contribution in [1.82, 2.24) is 10.6 Å². The van der Waals surface area contributed by atoms with Crippen LogP contribution in [0.2, 0.25) is 0 Å². The van der Waals surface area contributed by atoms with Gasteiger partial charge in [0.2, 0.25) is 11.8 Å². The van der Waals surface area contributed by atoms with E-state index in [0.29, 0.717) is 25.4 Å². The summed E-state index contributed by atoms with van der Waals surface area (Å²) in [6.07, 6.45) is 4.36. The van der Waals surface area contributed by atoms with Crippen LogP contribution in [0.4, 0.5) is 0 Å². The molecule has 0 aromatic carbocycles. The Kier molecular flexibility index (Phi) is 6.46. The lowest BCUT2D eigenvalue weighted by molar-refractivity contribution is -0.126. The number of amides is 2. The fourth-order valence-corrected chi connectivity index (χ4v) is 2.67. The van der Waals surface area contributed by atoms with Crippen LogP contribution >= 0.6 is 0 Å². The summed E-state index contributed by atoms with van der Waals surface area (Å²) in [6.45, 7) is 6.90. The Balaban J connectivity index is 2.24. The standard InChI is InChI=1S/C15H29N3O2/c1-15(2,3)18-13(19)7-8-17-14(20)12-6-4-5-11(9-12)10-16/h11-12H,4-10,16H2,1-3H3,(H,17,20)(H,18,19). The number of nitrogens with one attached hydrogen (secondary N) is 2. The molecular weight excluding hydrogens is 254 g/mol. The van der Waals surface area contributed by atoms with E-state index >= 15 is 0 Å². The highest BCUT2D eigenvalue weighted by Crippen LogP contribution is 2.28. The molecule has 2 amide bonds. The smallest absolute Gasteiger partial charge is 0.223 e. The summed E-state index contributed by atoms with van der Waals surface area (Å²) in [5.74, 6) is 0.597. The maximum Gasteiger partial charge on any atom is 0.223 e. The van der Waals surface area contributed by atoms with Crippen LogP contribution in [-0.4, -0.2) is 30.4 Å². The van der Waals surface area contributed by atoms with E-state index in [0.717, 1.165) is 25.7 Å². The van der Waals surface area contributed by atoms with Crippen molar-refractivity contribution in [2.24, 2.45) is 17.6 Å². The molecule has 5 nitrogen and oxygen atoms in total. The first-order valence-corrected chi connectivity index (χ1v) is 7.60. The summed E-state index contributed by atoms with van der Waals surface area (Å²) < 4.78 is 0. The third-order valence-electron chi connectivity index (χ3n) is 3.65. The predicted molar refractivity (Wildman–Crippen MR) is 80.0 cm³/mol. The van der Waals surface area contributed by atoms with Crippen LogP contribution in [0.3, 0.4) is 0 Å². The van der Waals surface area contributed by atoms with Gasteiger partial charge in [-0.1, -0.05) is 6.42 Å². The van der Waals surface area contributed by atoms with Crippen molar-refractivity contribution < 1.29 is 9.59 Å². The van der Waals surface area contributed by atoms with Crippen molar-refractivity contribution in [1.29, 1.82) is 0 Å². The van der Waals surface area contributed by atoms with Gasteiger partial charge in [-0.3, -0.25) is 9.59 Å². The molecule has 0 spiro atoms. The molecule has 1 aliphatic rings. The zero-order valence-electron chi connectivity index (χ0n) is 13.0. The molecule has 1 fully saturated rings. The summed E-state index contributed by atoms with van der Waals surface area (Å²) in [5, 5.41) is 5.75. The maximum absolute atomic E-state index is 12.0. The van der Waals surface area contributed by atoms with Crippen molar-refractivity contribution in [3.63, 3.8) is 0 Å². The molecule has 1 aliphatic carbocycles. The molecule has 4 N–H and O–H groups in total. The molecular formula is C15H29N3O2. The summed E-state index contributed by atoms with van der Waals surface area (Å²) in [4.78, 5) is 23.7. The zero-order valence-corrected chi connectivity index (χ0v) is 13.0. The normalized spacial score (nSPS) is 23.2. The van der Waals surface area contributed by atoms with Crippen LogP contribution in [-0.2, 0) is 9.59 Å². The van der Waals surface area contributed by atoms with Crippen molar-refractivity contribution in [3.05, 3.63) is 0 Å². The Bertz CT molecular complexity index is 337. The lowest BCUT2D eigenvalue weighted by atomic mass is 9.81. The fraction of sp³-hybridized carbons (Fsp3) is 0.867. The second-order valence-corrected chi connectivity index (χ2v) is 6.80. The quantitative estimate of drug-likeness (QED) is 0.708. The van der Waals surface area contributed by atoms with Crippen LogP contribution in [0.25, 0.3) is 0 Å². The van der Waals surface area contributed by atoms with Gasteiger partial charge in [0.05, 0.1) is 0 Å². The Morgan fingerprint density at radius 3 is 2.55 bits per heavy atom. The highest BCUT2D eigenvalue weighted by atomic mass is 16.2. The second-order valence-electron chi connectivity index (χ2n) is 6.80. The van der Waals surface area contributed by atoms with E-state index in [1.807, 2.05) is 20.8 Å². The van der Waals surface area contributed by atoms with Crippen molar-refractivity contribution >= 4 is 11.8 Å². The van der Waals surface area contributed by atoms with Crippen LogP contribution in [0, 0.1) is 11.8 Å². The minimum atomic E-state index is -0.223. The zero-order chi connectivity index (χ0) is 15.2. The Morgan fingerprint density at radius 2 is 1.95 bits per heavy atom. The third-order valence-corrected chi connectivity index (χ3v) is 3.65. The molecule has 0 aromatic heterocycles. The molecule has 116 valence electrons. The summed E-state index contributed by atoms with van der Waals surface area (Å²) in [5.41, 5.74) is 5.46. The van der Waals surface area contributed by atoms with E-state index in [1.54, 1.807) is 0 Å². The van der Waals surface area contributed by atoms with E-state index in [9.17, 15) is 9.59 Å². The number of carbonyl (C=O) groups excluding carboxylic acids is 2. The minimum Gasteiger partial charge on any atom is -0.355 e. The molecule has 0 heterocycles. The molecule has 0 bridgehead atoms. The van der Waals surface area contributed by atoms with Gasteiger partial charge in [-0.2, -0.15) is 0 Å². The lowest BCUT2D eigenvalue weighted by Gasteiger charge is -2.27. The fourth-order valence-electron chi connectivity index (χ4n) is 2.67. The van der Waals surface area contributed by atoms with Gasteiger partial charge in [0.25, 0.3) is 0 Å². The van der Waals surface area contributed by atoms with Crippen molar-refractivity contribution in [2.45, 2.75) is 58.4 Å². The number of hydrogen-bond donors (Lipinski definition) is 3. The Morgan fingerprint density at radius 1 is 1.25 bits per heavy atom. The van der Waals surface area contributed by atoms with E-state index in [2.05, 4.69) is 10.6 Å². The highest BCUT2D eigenvalue weighted by molar-refractivity contribution is 5.80. The molecule has 0 saturated heterocycles. The molecule has 5 heteroatoms. The largest absolute Gasteiger partial charge is 0.355 e. The number of hydrogen-bond acceptors (Lipinski definition) is 3. The van der Waals surface area contributed by atoms with E-state index in [-0.39, 0.29) is 23.3 Å². The van der Waals surface area contributed by atoms with Crippen LogP contribution < -0.4 is 16.4 Å². The first kappa shape index (κ1) is 17.0. The molecule has 20 heavy (non-hydrogen) atoms. The topological polar surface area (TPSA) is 84.2 Å². The minimum absolute atomic E-state index is 0.0266. The van der Waals surface area contributed by atoms with Gasteiger partial charge >= 0.3 is 0 Å². The Labute approximate surface area is 122 Å². The van der Waals surface area contributed by atoms with Gasteiger partial charge in [0.1, 0.15) is 0 Å². The second kappa shape index (κ2) is 7.62. The van der Waals surface area contributed by atoms with Gasteiger partial charge < -0.3 is 16.4 Å². The first-order valence-electron chi connectivity index (χ1n) is 7.60. The molecule has 0 aromatic rings. The SMILES string of the molecule is CC(C)(C)NC(=O)CCNC(=O)C1CCCC(CN)C1. The van der Waals surface area contributed by atoms with Gasteiger partial charge in [-0.05, 0) is 52.5 Å². The summed E-state index contributed by atoms with van der Waals surface area (Å²) >= 11 is 0. The van der Waals surface area contributed by atoms with Crippen LogP contribution in [0.15, 0.2) is 0 Å². The molecule has 0 aliphatic heterocycles. The molecule has 0 radical (unpaired) electrons. The van der Waals surface area contributed by atoms with E-state index < -0.39 is 0 Å². The number of nitrogens with two attached hydrogens (primary N) is 1. The van der Waals surface area contributed by atoms with Gasteiger partial charge in [0.15, 0.2) is 0 Å². The monoisotopic (exact) mass is 283 g/mol. The highest BCUT2D eigenvalue weighted by Gasteiger charge is 2.26. The van der Waals surface area contributed by atoms with E-state index in [4.69, 9.17) is 5.73 Å². The third kappa shape index (κ3) is 6.37. The summed E-state index contributed by atoms with van der Waals surface area (Å²) in [7, 11) is 0. The first-order chi connectivity index (χ1) is 9.31. The predicted octanol–water partition coefficient (Wildman–Crippen LogP) is 1.17. The number of carbonyl (C=O) groups is 2. The van der Waals surface area contributed by atoms with Gasteiger partial charge in [0, 0.05) is 24.4 Å². The van der Waals surface area contributed by atoms with Gasteiger partial charge in [-0.15, -0.1) is 0 Å².